The van der Waals surface area contributed by atoms with Gasteiger partial charge in [0, 0.05) is 0 Å². The fourth-order valence-electron chi connectivity index (χ4n) is 0.813. The van der Waals surface area contributed by atoms with Crippen LogP contribution in [0.4, 0.5) is 9.93 Å². The summed E-state index contributed by atoms with van der Waals surface area (Å²) in [6, 6.07) is -0.622. The van der Waals surface area contributed by atoms with E-state index in [0.717, 1.165) is 0 Å². The minimum absolute atomic E-state index is 0.330. The Bertz CT molecular complexity index is 415. The van der Waals surface area contributed by atoms with Gasteiger partial charge in [-0.25, -0.2) is 9.59 Å². The number of carbonyl (C=O) groups excluding carboxylic acids is 1. The van der Waals surface area contributed by atoms with Gasteiger partial charge in [-0.15, -0.1) is 10.2 Å². The lowest BCUT2D eigenvalue weighted by Crippen LogP contribution is -2.51. The Kier molecular flexibility index (Phi) is 3.43. The molecule has 0 aliphatic rings. The zero-order chi connectivity index (χ0) is 12.3. The lowest BCUT2D eigenvalue weighted by Gasteiger charge is -2.20. The molecule has 0 aliphatic carbocycles. The van der Waals surface area contributed by atoms with Gasteiger partial charge in [0.05, 0.1) is 0 Å². The molecular weight excluding hydrogens is 232 g/mol. The Morgan fingerprint density at radius 1 is 1.38 bits per heavy atom. The number of hydrogen-bond acceptors (Lipinski definition) is 5. The molecule has 0 atom stereocenters. The second kappa shape index (κ2) is 4.44. The first-order valence-electron chi connectivity index (χ1n) is 4.44. The third kappa shape index (κ3) is 3.16. The molecule has 0 saturated carbocycles. The van der Waals surface area contributed by atoms with Crippen LogP contribution < -0.4 is 10.6 Å². The maximum Gasteiger partial charge on any atom is 0.328 e. The normalized spacial score (nSPS) is 10.9. The summed E-state index contributed by atoms with van der Waals surface area (Å²) >= 11 is 1.21. The van der Waals surface area contributed by atoms with Gasteiger partial charge in [0.1, 0.15) is 10.5 Å². The molecule has 0 spiro atoms. The molecule has 1 aromatic rings. The molecule has 7 nitrogen and oxygen atoms in total. The van der Waals surface area contributed by atoms with E-state index in [0.29, 0.717) is 10.1 Å². The molecule has 16 heavy (non-hydrogen) atoms. The van der Waals surface area contributed by atoms with Crippen LogP contribution >= 0.6 is 11.3 Å². The molecule has 2 amide bonds. The number of carboxylic acid groups (broad SMARTS) is 1. The summed E-state index contributed by atoms with van der Waals surface area (Å²) in [7, 11) is 0. The summed E-state index contributed by atoms with van der Waals surface area (Å²) in [5.74, 6) is -1.11. The Labute approximate surface area is 95.9 Å². The van der Waals surface area contributed by atoms with Crippen LogP contribution in [0.3, 0.4) is 0 Å². The summed E-state index contributed by atoms with van der Waals surface area (Å²) in [6.45, 7) is 4.53. The minimum atomic E-state index is -1.33. The Balaban J connectivity index is 2.58. The maximum absolute atomic E-state index is 11.4. The summed E-state index contributed by atoms with van der Waals surface area (Å²) in [4.78, 5) is 22.1. The standard InChI is InChI=1S/C8H12N4O3S/c1-4-11-12-7(16-4)9-6(15)10-8(2,3)5(13)14/h1-3H3,(H,13,14)(H2,9,10,12,15). The highest BCUT2D eigenvalue weighted by atomic mass is 32.1. The van der Waals surface area contributed by atoms with E-state index in [4.69, 9.17) is 5.11 Å². The van der Waals surface area contributed by atoms with E-state index < -0.39 is 17.5 Å². The average Bonchev–Trinajstić information content (AvgIpc) is 2.49. The molecule has 0 aromatic carbocycles. The Morgan fingerprint density at radius 3 is 2.44 bits per heavy atom. The van der Waals surface area contributed by atoms with Gasteiger partial charge < -0.3 is 10.4 Å². The fraction of sp³-hybridized carbons (Fsp3) is 0.500. The summed E-state index contributed by atoms with van der Waals surface area (Å²) in [6.07, 6.45) is 0. The summed E-state index contributed by atoms with van der Waals surface area (Å²) < 4.78 is 0. The largest absolute Gasteiger partial charge is 0.480 e. The van der Waals surface area contributed by atoms with Crippen LogP contribution in [0.1, 0.15) is 18.9 Å². The number of urea groups is 1. The van der Waals surface area contributed by atoms with Crippen molar-refractivity contribution >= 4 is 28.5 Å². The lowest BCUT2D eigenvalue weighted by atomic mass is 10.1. The van der Waals surface area contributed by atoms with Gasteiger partial charge in [-0.2, -0.15) is 0 Å². The number of hydrogen-bond donors (Lipinski definition) is 3. The average molecular weight is 244 g/mol. The van der Waals surface area contributed by atoms with Crippen LogP contribution in [0.5, 0.6) is 0 Å². The zero-order valence-electron chi connectivity index (χ0n) is 9.07. The molecule has 88 valence electrons. The lowest BCUT2D eigenvalue weighted by molar-refractivity contribution is -0.142. The van der Waals surface area contributed by atoms with Crippen LogP contribution in [0.25, 0.3) is 0 Å². The molecule has 0 radical (unpaired) electrons. The number of nitrogens with zero attached hydrogens (tertiary/aromatic N) is 2. The van der Waals surface area contributed by atoms with E-state index in [2.05, 4.69) is 20.8 Å². The van der Waals surface area contributed by atoms with Crippen molar-refractivity contribution < 1.29 is 14.7 Å². The van der Waals surface area contributed by atoms with Crippen molar-refractivity contribution in [3.05, 3.63) is 5.01 Å². The number of nitrogens with one attached hydrogen (secondary N) is 2. The molecule has 1 heterocycles. The molecule has 1 rings (SSSR count). The monoisotopic (exact) mass is 244 g/mol. The smallest absolute Gasteiger partial charge is 0.328 e. The molecule has 3 N–H and O–H groups in total. The molecular formula is C8H12N4O3S. The van der Waals surface area contributed by atoms with Gasteiger partial charge in [0.25, 0.3) is 0 Å². The molecule has 0 bridgehead atoms. The molecule has 0 unspecified atom stereocenters. The quantitative estimate of drug-likeness (QED) is 0.730. The summed E-state index contributed by atoms with van der Waals surface area (Å²) in [5, 5.41) is 21.9. The van der Waals surface area contributed by atoms with Crippen LogP contribution in [-0.2, 0) is 4.79 Å². The van der Waals surface area contributed by atoms with Crippen molar-refractivity contribution in [2.24, 2.45) is 0 Å². The van der Waals surface area contributed by atoms with E-state index in [9.17, 15) is 9.59 Å². The molecule has 0 fully saturated rings. The number of aromatic nitrogens is 2. The number of rotatable bonds is 3. The number of aliphatic carboxylic acids is 1. The first kappa shape index (κ1) is 12.4. The highest BCUT2D eigenvalue weighted by molar-refractivity contribution is 7.15. The highest BCUT2D eigenvalue weighted by Gasteiger charge is 2.29. The van der Waals surface area contributed by atoms with Gasteiger partial charge in [-0.3, -0.25) is 5.32 Å². The Hall–Kier alpha value is -1.70. The van der Waals surface area contributed by atoms with Gasteiger partial charge in [-0.05, 0) is 20.8 Å². The molecule has 1 aromatic heterocycles. The van der Waals surface area contributed by atoms with E-state index in [1.165, 1.54) is 25.2 Å². The first-order valence-corrected chi connectivity index (χ1v) is 5.25. The topological polar surface area (TPSA) is 104 Å². The van der Waals surface area contributed by atoms with E-state index in [1.54, 1.807) is 6.92 Å². The van der Waals surface area contributed by atoms with Crippen LogP contribution in [-0.4, -0.2) is 32.8 Å². The van der Waals surface area contributed by atoms with E-state index >= 15 is 0 Å². The van der Waals surface area contributed by atoms with Crippen molar-refractivity contribution in [2.45, 2.75) is 26.3 Å². The molecule has 8 heteroatoms. The molecule has 0 saturated heterocycles. The van der Waals surface area contributed by atoms with Crippen molar-refractivity contribution in [2.75, 3.05) is 5.32 Å². The van der Waals surface area contributed by atoms with E-state index in [1.807, 2.05) is 0 Å². The van der Waals surface area contributed by atoms with Crippen LogP contribution in [0.15, 0.2) is 0 Å². The second-order valence-corrected chi connectivity index (χ2v) is 4.82. The third-order valence-corrected chi connectivity index (χ3v) is 2.46. The third-order valence-electron chi connectivity index (χ3n) is 1.71. The van der Waals surface area contributed by atoms with Crippen LogP contribution in [0, 0.1) is 6.92 Å². The number of carbonyl (C=O) groups is 2. The van der Waals surface area contributed by atoms with Gasteiger partial charge >= 0.3 is 12.0 Å². The van der Waals surface area contributed by atoms with Crippen LogP contribution in [0.2, 0.25) is 0 Å². The SMILES string of the molecule is Cc1nnc(NC(=O)NC(C)(C)C(=O)O)s1. The van der Waals surface area contributed by atoms with Crippen molar-refractivity contribution in [3.8, 4) is 0 Å². The number of anilines is 1. The number of aryl methyl sites for hydroxylation is 1. The van der Waals surface area contributed by atoms with Gasteiger partial charge in [0.15, 0.2) is 0 Å². The van der Waals surface area contributed by atoms with Gasteiger partial charge in [0.2, 0.25) is 5.13 Å². The minimum Gasteiger partial charge on any atom is -0.480 e. The van der Waals surface area contributed by atoms with E-state index in [-0.39, 0.29) is 0 Å². The zero-order valence-corrected chi connectivity index (χ0v) is 9.88. The van der Waals surface area contributed by atoms with Crippen molar-refractivity contribution in [1.82, 2.24) is 15.5 Å². The van der Waals surface area contributed by atoms with Gasteiger partial charge in [-0.1, -0.05) is 11.3 Å². The number of amides is 2. The number of carboxylic acids is 1. The fourth-order valence-corrected chi connectivity index (χ4v) is 1.40. The Morgan fingerprint density at radius 2 is 2.00 bits per heavy atom. The predicted molar refractivity (Wildman–Crippen MR) is 58.5 cm³/mol. The predicted octanol–water partition coefficient (Wildman–Crippen LogP) is 0.831. The second-order valence-electron chi connectivity index (χ2n) is 3.64. The van der Waals surface area contributed by atoms with Crippen molar-refractivity contribution in [3.63, 3.8) is 0 Å². The molecule has 0 aliphatic heterocycles. The summed E-state index contributed by atoms with van der Waals surface area (Å²) in [5.41, 5.74) is -1.33. The first-order chi connectivity index (χ1) is 7.31. The maximum atomic E-state index is 11.4. The van der Waals surface area contributed by atoms with Crippen molar-refractivity contribution in [1.29, 1.82) is 0 Å². The highest BCUT2D eigenvalue weighted by Crippen LogP contribution is 2.13.